The van der Waals surface area contributed by atoms with Gasteiger partial charge in [0.05, 0.1) is 13.2 Å². The maximum absolute atomic E-state index is 10.9. The van der Waals surface area contributed by atoms with Gasteiger partial charge in [-0.15, -0.1) is 0 Å². The number of carboxylic acids is 1. The van der Waals surface area contributed by atoms with Crippen LogP contribution >= 0.6 is 0 Å². The van der Waals surface area contributed by atoms with Crippen molar-refractivity contribution in [1.82, 2.24) is 4.98 Å². The summed E-state index contributed by atoms with van der Waals surface area (Å²) in [5.74, 6) is -1.45. The van der Waals surface area contributed by atoms with Crippen LogP contribution in [0.3, 0.4) is 0 Å². The Hall–Kier alpha value is -1.95. The summed E-state index contributed by atoms with van der Waals surface area (Å²) in [5.41, 5.74) is 0.857. The number of carboxylic acid groups (broad SMARTS) is 1. The first kappa shape index (κ1) is 14.1. The molecule has 1 aromatic rings. The Labute approximate surface area is 105 Å². The zero-order chi connectivity index (χ0) is 13.4. The fraction of sp³-hybridized carbons (Fsp3) is 0.417. The van der Waals surface area contributed by atoms with Gasteiger partial charge in [0.25, 0.3) is 0 Å². The van der Waals surface area contributed by atoms with Gasteiger partial charge in [0.1, 0.15) is 12.3 Å². The van der Waals surface area contributed by atoms with Gasteiger partial charge in [-0.2, -0.15) is 0 Å². The normalized spacial score (nSPS) is 10.1. The smallest absolute Gasteiger partial charge is 0.354 e. The predicted molar refractivity (Wildman–Crippen MR) is 62.4 cm³/mol. The third-order valence-electron chi connectivity index (χ3n) is 2.10. The van der Waals surface area contributed by atoms with Crippen LogP contribution in [0.2, 0.25) is 0 Å². The highest BCUT2D eigenvalue weighted by molar-refractivity contribution is 5.85. The van der Waals surface area contributed by atoms with Gasteiger partial charge in [-0.3, -0.25) is 0 Å². The van der Waals surface area contributed by atoms with Gasteiger partial charge in [-0.25, -0.2) is 14.6 Å². The molecule has 18 heavy (non-hydrogen) atoms. The first-order valence-corrected chi connectivity index (χ1v) is 5.55. The zero-order valence-corrected chi connectivity index (χ0v) is 10.1. The molecule has 98 valence electrons. The van der Waals surface area contributed by atoms with E-state index in [0.29, 0.717) is 19.6 Å². The Morgan fingerprint density at radius 2 is 2.17 bits per heavy atom. The number of hydrogen-bond donors (Lipinski definition) is 1. The number of carbonyl (C=O) groups excluding carboxylic acids is 1. The molecule has 0 aliphatic carbocycles. The molecule has 0 unspecified atom stereocenters. The second-order valence-electron chi connectivity index (χ2n) is 3.46. The van der Waals surface area contributed by atoms with E-state index in [0.717, 1.165) is 5.56 Å². The summed E-state index contributed by atoms with van der Waals surface area (Å²) in [7, 11) is 0. The molecule has 1 rings (SSSR count). The number of nitrogens with zero attached hydrogens (tertiary/aromatic N) is 1. The summed E-state index contributed by atoms with van der Waals surface area (Å²) < 4.78 is 9.81. The van der Waals surface area contributed by atoms with Crippen molar-refractivity contribution in [2.24, 2.45) is 0 Å². The van der Waals surface area contributed by atoms with Crippen molar-refractivity contribution in [3.8, 4) is 0 Å². The van der Waals surface area contributed by atoms with E-state index in [2.05, 4.69) is 4.98 Å². The van der Waals surface area contributed by atoms with Gasteiger partial charge in [0.15, 0.2) is 0 Å². The molecule has 0 amide bonds. The molecule has 0 bridgehead atoms. The van der Waals surface area contributed by atoms with Crippen LogP contribution in [0.4, 0.5) is 0 Å². The lowest BCUT2D eigenvalue weighted by atomic mass is 10.2. The van der Waals surface area contributed by atoms with Gasteiger partial charge in [-0.1, -0.05) is 6.07 Å². The number of rotatable bonds is 7. The fourth-order valence-electron chi connectivity index (χ4n) is 1.25. The van der Waals surface area contributed by atoms with Crippen molar-refractivity contribution >= 4 is 11.9 Å². The Morgan fingerprint density at radius 1 is 1.39 bits per heavy atom. The quantitative estimate of drug-likeness (QED) is 0.574. The van der Waals surface area contributed by atoms with Gasteiger partial charge in [0.2, 0.25) is 0 Å². The summed E-state index contributed by atoms with van der Waals surface area (Å²) in [6.45, 7) is 2.34. The molecular weight excluding hydrogens is 238 g/mol. The highest BCUT2D eigenvalue weighted by atomic mass is 16.6. The van der Waals surface area contributed by atoms with E-state index in [1.165, 1.54) is 12.3 Å². The molecule has 1 N–H and O–H groups in total. The number of aromatic nitrogens is 1. The van der Waals surface area contributed by atoms with Crippen molar-refractivity contribution in [2.75, 3.05) is 19.8 Å². The van der Waals surface area contributed by atoms with Crippen LogP contribution in [-0.4, -0.2) is 41.8 Å². The molecule has 6 nitrogen and oxygen atoms in total. The summed E-state index contributed by atoms with van der Waals surface area (Å²) in [4.78, 5) is 25.3. The Balaban J connectivity index is 2.27. The van der Waals surface area contributed by atoms with Crippen molar-refractivity contribution in [3.05, 3.63) is 29.6 Å². The van der Waals surface area contributed by atoms with E-state index < -0.39 is 11.9 Å². The van der Waals surface area contributed by atoms with Gasteiger partial charge in [-0.05, 0) is 25.0 Å². The molecule has 0 saturated heterocycles. The Bertz CT molecular complexity index is 401. The van der Waals surface area contributed by atoms with E-state index >= 15 is 0 Å². The average Bonchev–Trinajstić information content (AvgIpc) is 2.35. The van der Waals surface area contributed by atoms with E-state index in [-0.39, 0.29) is 12.3 Å². The van der Waals surface area contributed by atoms with Crippen LogP contribution < -0.4 is 0 Å². The fourth-order valence-corrected chi connectivity index (χ4v) is 1.25. The Kier molecular flexibility index (Phi) is 5.79. The maximum Gasteiger partial charge on any atom is 0.354 e. The predicted octanol–water partition coefficient (Wildman–Crippen LogP) is 0.902. The van der Waals surface area contributed by atoms with Crippen LogP contribution in [0.15, 0.2) is 18.3 Å². The maximum atomic E-state index is 10.9. The van der Waals surface area contributed by atoms with Crippen molar-refractivity contribution in [2.45, 2.75) is 13.3 Å². The molecule has 6 heteroatoms. The standard InChI is InChI=1S/C12H15NO5/c1-2-18-11(14)8-17-6-5-9-3-4-10(12(15)16)13-7-9/h3-4,7H,2,5-6,8H2,1H3,(H,15,16). The van der Waals surface area contributed by atoms with Gasteiger partial charge >= 0.3 is 11.9 Å². The summed E-state index contributed by atoms with van der Waals surface area (Å²) in [5, 5.41) is 8.66. The minimum absolute atomic E-state index is 0.00573. The van der Waals surface area contributed by atoms with Crippen molar-refractivity contribution < 1.29 is 24.2 Å². The SMILES string of the molecule is CCOC(=O)COCCc1ccc(C(=O)O)nc1. The molecule has 0 fully saturated rings. The molecule has 1 aromatic heterocycles. The summed E-state index contributed by atoms with van der Waals surface area (Å²) in [6, 6.07) is 3.10. The molecule has 0 aliphatic heterocycles. The molecule has 0 atom stereocenters. The minimum atomic E-state index is -1.06. The third-order valence-corrected chi connectivity index (χ3v) is 2.10. The lowest BCUT2D eigenvalue weighted by Gasteiger charge is -2.04. The molecule has 0 aromatic carbocycles. The first-order chi connectivity index (χ1) is 8.63. The number of aromatic carboxylic acids is 1. The summed E-state index contributed by atoms with van der Waals surface area (Å²) in [6.07, 6.45) is 2.05. The lowest BCUT2D eigenvalue weighted by molar-refractivity contribution is -0.148. The highest BCUT2D eigenvalue weighted by Crippen LogP contribution is 2.01. The second-order valence-corrected chi connectivity index (χ2v) is 3.46. The van der Waals surface area contributed by atoms with E-state index in [4.69, 9.17) is 14.6 Å². The third kappa shape index (κ3) is 4.92. The van der Waals surface area contributed by atoms with Crippen LogP contribution in [0.25, 0.3) is 0 Å². The molecule has 0 saturated carbocycles. The van der Waals surface area contributed by atoms with Gasteiger partial charge < -0.3 is 14.6 Å². The highest BCUT2D eigenvalue weighted by Gasteiger charge is 2.04. The average molecular weight is 253 g/mol. The molecule has 0 aliphatic rings. The largest absolute Gasteiger partial charge is 0.477 e. The number of carbonyl (C=O) groups is 2. The topological polar surface area (TPSA) is 85.7 Å². The van der Waals surface area contributed by atoms with Crippen LogP contribution in [0.1, 0.15) is 23.0 Å². The molecule has 0 radical (unpaired) electrons. The summed E-state index contributed by atoms with van der Waals surface area (Å²) >= 11 is 0. The monoisotopic (exact) mass is 253 g/mol. The first-order valence-electron chi connectivity index (χ1n) is 5.55. The van der Waals surface area contributed by atoms with E-state index in [1.807, 2.05) is 0 Å². The van der Waals surface area contributed by atoms with Crippen molar-refractivity contribution in [1.29, 1.82) is 0 Å². The number of pyridine rings is 1. The molecule has 1 heterocycles. The van der Waals surface area contributed by atoms with Crippen LogP contribution in [-0.2, 0) is 20.7 Å². The Morgan fingerprint density at radius 3 is 2.72 bits per heavy atom. The molecular formula is C12H15NO5. The van der Waals surface area contributed by atoms with E-state index in [1.54, 1.807) is 13.0 Å². The molecule has 0 spiro atoms. The second kappa shape index (κ2) is 7.39. The number of hydrogen-bond acceptors (Lipinski definition) is 5. The lowest BCUT2D eigenvalue weighted by Crippen LogP contribution is -2.13. The minimum Gasteiger partial charge on any atom is -0.477 e. The number of esters is 1. The zero-order valence-electron chi connectivity index (χ0n) is 10.1. The van der Waals surface area contributed by atoms with E-state index in [9.17, 15) is 9.59 Å². The van der Waals surface area contributed by atoms with Crippen molar-refractivity contribution in [3.63, 3.8) is 0 Å². The van der Waals surface area contributed by atoms with Gasteiger partial charge in [0, 0.05) is 6.20 Å². The number of ether oxygens (including phenoxy) is 2. The van der Waals surface area contributed by atoms with Crippen LogP contribution in [0, 0.1) is 0 Å². The van der Waals surface area contributed by atoms with Crippen LogP contribution in [0.5, 0.6) is 0 Å².